The molecule has 0 bridgehead atoms. The topological polar surface area (TPSA) is 63.5 Å². The molecule has 1 aliphatic heterocycles. The van der Waals surface area contributed by atoms with Crippen LogP contribution in [0.1, 0.15) is 0 Å². The number of methoxy groups -OCH3 is 1. The molecule has 2 heterocycles. The summed E-state index contributed by atoms with van der Waals surface area (Å²) in [6.07, 6.45) is 0. The number of ether oxygens (including phenoxy) is 1. The molecule has 2 aromatic carbocycles. The van der Waals surface area contributed by atoms with Crippen LogP contribution < -0.4 is 4.74 Å². The Bertz CT molecular complexity index is 1050. The number of thioether (sulfide) groups is 1. The predicted octanol–water partition coefficient (Wildman–Crippen LogP) is 3.46. The molecule has 1 aliphatic rings. The zero-order valence-electron chi connectivity index (χ0n) is 17.5. The molecule has 7 nitrogen and oxygen atoms in total. The van der Waals surface area contributed by atoms with Crippen LogP contribution in [-0.4, -0.2) is 76.6 Å². The van der Waals surface area contributed by atoms with E-state index in [1.807, 2.05) is 58.0 Å². The van der Waals surface area contributed by atoms with Gasteiger partial charge in [-0.15, -0.1) is 10.2 Å². The van der Waals surface area contributed by atoms with Crippen molar-refractivity contribution in [2.24, 2.45) is 0 Å². The number of carbonyl (C=O) groups excluding carboxylic acids is 1. The van der Waals surface area contributed by atoms with E-state index in [9.17, 15) is 4.79 Å². The van der Waals surface area contributed by atoms with Crippen molar-refractivity contribution >= 4 is 29.3 Å². The van der Waals surface area contributed by atoms with Crippen LogP contribution in [0.5, 0.6) is 5.75 Å². The van der Waals surface area contributed by atoms with Crippen LogP contribution in [-0.2, 0) is 4.79 Å². The normalized spacial score (nSPS) is 14.6. The van der Waals surface area contributed by atoms with Crippen LogP contribution in [0.4, 0.5) is 0 Å². The molecule has 1 amide bonds. The maximum atomic E-state index is 12.7. The molecule has 0 atom stereocenters. The summed E-state index contributed by atoms with van der Waals surface area (Å²) in [7, 11) is 3.71. The van der Waals surface area contributed by atoms with Crippen molar-refractivity contribution in [3.05, 3.63) is 53.6 Å². The van der Waals surface area contributed by atoms with E-state index < -0.39 is 0 Å². The lowest BCUT2D eigenvalue weighted by Gasteiger charge is -2.32. The van der Waals surface area contributed by atoms with Gasteiger partial charge in [0.05, 0.1) is 17.9 Å². The highest BCUT2D eigenvalue weighted by atomic mass is 35.5. The summed E-state index contributed by atoms with van der Waals surface area (Å²) in [5, 5.41) is 10.0. The maximum Gasteiger partial charge on any atom is 0.233 e. The van der Waals surface area contributed by atoms with Crippen molar-refractivity contribution in [1.82, 2.24) is 24.6 Å². The molecule has 1 fully saturated rings. The van der Waals surface area contributed by atoms with Crippen LogP contribution in [0.3, 0.4) is 0 Å². The molecular weight excluding hydrogens is 434 g/mol. The first kappa shape index (κ1) is 21.7. The summed E-state index contributed by atoms with van der Waals surface area (Å²) in [6, 6.07) is 15.2. The Kier molecular flexibility index (Phi) is 6.80. The second kappa shape index (κ2) is 9.72. The summed E-state index contributed by atoms with van der Waals surface area (Å²) in [5.41, 5.74) is 1.65. The quantitative estimate of drug-likeness (QED) is 0.528. The zero-order valence-corrected chi connectivity index (χ0v) is 19.1. The Hall–Kier alpha value is -2.55. The first-order valence-electron chi connectivity index (χ1n) is 10.0. The lowest BCUT2D eigenvalue weighted by molar-refractivity contribution is -0.129. The summed E-state index contributed by atoms with van der Waals surface area (Å²) >= 11 is 7.83. The van der Waals surface area contributed by atoms with Gasteiger partial charge in [0.15, 0.2) is 11.0 Å². The largest absolute Gasteiger partial charge is 0.497 e. The van der Waals surface area contributed by atoms with Gasteiger partial charge in [-0.3, -0.25) is 9.36 Å². The molecule has 0 aliphatic carbocycles. The van der Waals surface area contributed by atoms with Crippen LogP contribution >= 0.6 is 23.4 Å². The fraction of sp³-hybridized carbons (Fsp3) is 0.318. The van der Waals surface area contributed by atoms with E-state index in [2.05, 4.69) is 22.1 Å². The number of piperazine rings is 1. The first-order chi connectivity index (χ1) is 15.1. The number of hydrogen-bond acceptors (Lipinski definition) is 6. The standard InChI is InChI=1S/C22H24ClN5O2S/c1-26-11-13-27(14-12-26)20(29)15-31-22-25-24-21(18-5-3-4-6-19(18)23)28(22)16-7-9-17(30-2)10-8-16/h3-10H,11-15H2,1-2H3. The second-order valence-electron chi connectivity index (χ2n) is 7.29. The molecule has 0 unspecified atom stereocenters. The molecule has 1 saturated heterocycles. The molecule has 31 heavy (non-hydrogen) atoms. The van der Waals surface area contributed by atoms with Crippen LogP contribution in [0.2, 0.25) is 5.02 Å². The Morgan fingerprint density at radius 3 is 2.45 bits per heavy atom. The number of halogens is 1. The molecular formula is C22H24ClN5O2S. The minimum Gasteiger partial charge on any atom is -0.497 e. The molecule has 4 rings (SSSR count). The van der Waals surface area contributed by atoms with Crippen molar-refractivity contribution in [3.8, 4) is 22.8 Å². The van der Waals surface area contributed by atoms with E-state index in [1.165, 1.54) is 11.8 Å². The molecule has 162 valence electrons. The summed E-state index contributed by atoms with van der Waals surface area (Å²) in [5.74, 6) is 1.81. The molecule has 9 heteroatoms. The summed E-state index contributed by atoms with van der Waals surface area (Å²) < 4.78 is 7.22. The predicted molar refractivity (Wildman–Crippen MR) is 123 cm³/mol. The van der Waals surface area contributed by atoms with E-state index in [0.29, 0.717) is 21.8 Å². The third kappa shape index (κ3) is 4.87. The lowest BCUT2D eigenvalue weighted by Crippen LogP contribution is -2.47. The van der Waals surface area contributed by atoms with Gasteiger partial charge < -0.3 is 14.5 Å². The van der Waals surface area contributed by atoms with E-state index in [1.54, 1.807) is 7.11 Å². The van der Waals surface area contributed by atoms with Gasteiger partial charge in [-0.25, -0.2) is 0 Å². The minimum absolute atomic E-state index is 0.113. The highest BCUT2D eigenvalue weighted by Crippen LogP contribution is 2.32. The zero-order chi connectivity index (χ0) is 21.8. The van der Waals surface area contributed by atoms with Crippen LogP contribution in [0.25, 0.3) is 17.1 Å². The number of benzene rings is 2. The number of aromatic nitrogens is 3. The molecule has 0 spiro atoms. The molecule has 0 N–H and O–H groups in total. The monoisotopic (exact) mass is 457 g/mol. The Labute approximate surface area is 191 Å². The van der Waals surface area contributed by atoms with Gasteiger partial charge in [0, 0.05) is 37.4 Å². The second-order valence-corrected chi connectivity index (χ2v) is 8.64. The number of carbonyl (C=O) groups is 1. The van der Waals surface area contributed by atoms with Gasteiger partial charge in [-0.05, 0) is 43.4 Å². The number of hydrogen-bond donors (Lipinski definition) is 0. The van der Waals surface area contributed by atoms with Crippen molar-refractivity contribution in [1.29, 1.82) is 0 Å². The lowest BCUT2D eigenvalue weighted by atomic mass is 10.2. The smallest absolute Gasteiger partial charge is 0.233 e. The van der Waals surface area contributed by atoms with Crippen LogP contribution in [0, 0.1) is 0 Å². The van der Waals surface area contributed by atoms with Crippen molar-refractivity contribution < 1.29 is 9.53 Å². The van der Waals surface area contributed by atoms with E-state index in [-0.39, 0.29) is 5.91 Å². The third-order valence-corrected chi connectivity index (χ3v) is 6.50. The maximum absolute atomic E-state index is 12.7. The Balaban J connectivity index is 1.62. The average molecular weight is 458 g/mol. The van der Waals surface area contributed by atoms with Gasteiger partial charge in [0.1, 0.15) is 5.75 Å². The van der Waals surface area contributed by atoms with Crippen molar-refractivity contribution in [3.63, 3.8) is 0 Å². The SMILES string of the molecule is COc1ccc(-n2c(SCC(=O)N3CCN(C)CC3)nnc2-c2ccccc2Cl)cc1. The van der Waals surface area contributed by atoms with Gasteiger partial charge in [0.25, 0.3) is 0 Å². The summed E-state index contributed by atoms with van der Waals surface area (Å²) in [6.45, 7) is 3.31. The third-order valence-electron chi connectivity index (χ3n) is 5.26. The van der Waals surface area contributed by atoms with Gasteiger partial charge >= 0.3 is 0 Å². The first-order valence-corrected chi connectivity index (χ1v) is 11.4. The number of nitrogens with zero attached hydrogens (tertiary/aromatic N) is 5. The van der Waals surface area contributed by atoms with Gasteiger partial charge in [0.2, 0.25) is 5.91 Å². The Morgan fingerprint density at radius 2 is 1.77 bits per heavy atom. The Morgan fingerprint density at radius 1 is 1.06 bits per heavy atom. The van der Waals surface area contributed by atoms with Gasteiger partial charge in [-0.1, -0.05) is 35.5 Å². The van der Waals surface area contributed by atoms with E-state index in [4.69, 9.17) is 16.3 Å². The fourth-order valence-electron chi connectivity index (χ4n) is 3.42. The number of amides is 1. The van der Waals surface area contributed by atoms with Crippen LogP contribution in [0.15, 0.2) is 53.7 Å². The number of rotatable bonds is 6. The van der Waals surface area contributed by atoms with Crippen molar-refractivity contribution in [2.45, 2.75) is 5.16 Å². The average Bonchev–Trinajstić information content (AvgIpc) is 3.22. The molecule has 0 saturated carbocycles. The highest BCUT2D eigenvalue weighted by molar-refractivity contribution is 7.99. The number of likely N-dealkylation sites (N-methyl/N-ethyl adjacent to an activating group) is 1. The van der Waals surface area contributed by atoms with E-state index in [0.717, 1.165) is 43.2 Å². The minimum atomic E-state index is 0.113. The highest BCUT2D eigenvalue weighted by Gasteiger charge is 2.22. The van der Waals surface area contributed by atoms with Crippen molar-refractivity contribution in [2.75, 3.05) is 46.1 Å². The summed E-state index contributed by atoms with van der Waals surface area (Å²) in [4.78, 5) is 16.9. The van der Waals surface area contributed by atoms with Gasteiger partial charge in [-0.2, -0.15) is 0 Å². The van der Waals surface area contributed by atoms with E-state index >= 15 is 0 Å². The molecule has 3 aromatic rings. The molecule has 0 radical (unpaired) electrons. The fourth-order valence-corrected chi connectivity index (χ4v) is 4.49. The molecule has 1 aromatic heterocycles.